The molecule has 0 saturated heterocycles. The number of amidine groups is 1. The number of nitrogens with zero attached hydrogens (tertiary/aromatic N) is 2. The summed E-state index contributed by atoms with van der Waals surface area (Å²) in [6.45, 7) is 6.67. The highest BCUT2D eigenvalue weighted by molar-refractivity contribution is 6.08. The molecule has 3 N–H and O–H groups in total. The molecule has 0 spiro atoms. The highest BCUT2D eigenvalue weighted by Crippen LogP contribution is 2.24. The Labute approximate surface area is 185 Å². The van der Waals surface area contributed by atoms with Gasteiger partial charge in [0.05, 0.1) is 6.54 Å². The summed E-state index contributed by atoms with van der Waals surface area (Å²) >= 11 is 0. The highest BCUT2D eigenvalue weighted by atomic mass is 19.4. The number of aryl methyl sites for hydroxylation is 1. The number of benzene rings is 2. The van der Waals surface area contributed by atoms with Crippen molar-refractivity contribution in [1.29, 1.82) is 0 Å². The largest absolute Gasteiger partial charge is 0.573 e. The summed E-state index contributed by atoms with van der Waals surface area (Å²) in [6.07, 6.45) is -5.33. The monoisotopic (exact) mass is 452 g/mol. The molecule has 0 unspecified atom stereocenters. The lowest BCUT2D eigenvalue weighted by Gasteiger charge is -2.15. The maximum Gasteiger partial charge on any atom is 0.573 e. The van der Waals surface area contributed by atoms with Crippen LogP contribution in [-0.2, 0) is 9.47 Å². The van der Waals surface area contributed by atoms with Gasteiger partial charge in [0, 0.05) is 24.5 Å². The fraction of sp³-hybridized carbons (Fsp3) is 0.364. The van der Waals surface area contributed by atoms with Crippen molar-refractivity contribution < 1.29 is 27.4 Å². The number of nitrogens with two attached hydrogens (primary N) is 1. The molecule has 0 aliphatic carbocycles. The van der Waals surface area contributed by atoms with E-state index in [1.807, 2.05) is 45.0 Å². The number of alkyl halides is 3. The van der Waals surface area contributed by atoms with E-state index in [0.29, 0.717) is 24.5 Å². The van der Waals surface area contributed by atoms with Gasteiger partial charge in [0.15, 0.2) is 6.29 Å². The molecule has 2 aromatic carbocycles. The van der Waals surface area contributed by atoms with Crippen LogP contribution in [0.1, 0.15) is 25.0 Å². The second kappa shape index (κ2) is 12.1. The maximum absolute atomic E-state index is 12.4. The highest BCUT2D eigenvalue weighted by Gasteiger charge is 2.30. The number of ether oxygens (including phenoxy) is 3. The van der Waals surface area contributed by atoms with E-state index in [9.17, 15) is 13.2 Å². The lowest BCUT2D eigenvalue weighted by molar-refractivity contribution is -0.274. The van der Waals surface area contributed by atoms with Crippen LogP contribution in [0.3, 0.4) is 0 Å². The van der Waals surface area contributed by atoms with Crippen LogP contribution >= 0.6 is 0 Å². The lowest BCUT2D eigenvalue weighted by Crippen LogP contribution is -2.24. The minimum absolute atomic E-state index is 0.143. The number of halogens is 3. The van der Waals surface area contributed by atoms with Crippen LogP contribution < -0.4 is 15.8 Å². The molecule has 0 atom stereocenters. The zero-order valence-corrected chi connectivity index (χ0v) is 18.1. The molecular weight excluding hydrogens is 425 g/mol. The van der Waals surface area contributed by atoms with Gasteiger partial charge in [-0.15, -0.1) is 13.2 Å². The Balaban J connectivity index is 2.25. The van der Waals surface area contributed by atoms with Crippen molar-refractivity contribution in [1.82, 2.24) is 0 Å². The molecule has 174 valence electrons. The first-order chi connectivity index (χ1) is 15.2. The van der Waals surface area contributed by atoms with E-state index in [2.05, 4.69) is 20.0 Å². The molecule has 2 rings (SSSR count). The standard InChI is InChI=1S/C22H27F3N4O3/c1-4-30-19(31-5-2)14-27-21(29-20(26)16-8-6-15(3)7-9-16)28-17-10-12-18(13-11-17)32-22(23,24)25/h6-13,19H,4-5,14H2,1-3H3,(H3,26,27,28,29). The smallest absolute Gasteiger partial charge is 0.406 e. The average Bonchev–Trinajstić information content (AvgIpc) is 2.73. The van der Waals surface area contributed by atoms with Crippen LogP contribution in [0, 0.1) is 6.92 Å². The molecule has 0 aliphatic heterocycles. The van der Waals surface area contributed by atoms with Crippen molar-refractivity contribution >= 4 is 17.5 Å². The fourth-order valence-corrected chi connectivity index (χ4v) is 2.56. The number of aliphatic imine (C=N–C) groups is 2. The molecule has 0 fully saturated rings. The molecule has 0 bridgehead atoms. The minimum Gasteiger partial charge on any atom is -0.406 e. The molecular formula is C22H27F3N4O3. The van der Waals surface area contributed by atoms with Gasteiger partial charge in [-0.2, -0.15) is 4.99 Å². The Bertz CT molecular complexity index is 892. The van der Waals surface area contributed by atoms with Crippen LogP contribution in [0.5, 0.6) is 5.75 Å². The number of guanidine groups is 1. The van der Waals surface area contributed by atoms with Crippen molar-refractivity contribution in [3.05, 3.63) is 59.7 Å². The Hall–Kier alpha value is -3.11. The lowest BCUT2D eigenvalue weighted by atomic mass is 10.1. The van der Waals surface area contributed by atoms with Gasteiger partial charge < -0.3 is 25.3 Å². The predicted molar refractivity (Wildman–Crippen MR) is 118 cm³/mol. The Morgan fingerprint density at radius 3 is 2.12 bits per heavy atom. The van der Waals surface area contributed by atoms with E-state index in [0.717, 1.165) is 5.56 Å². The second-order valence-electron chi connectivity index (χ2n) is 6.56. The third-order valence-corrected chi connectivity index (χ3v) is 4.01. The molecule has 0 amide bonds. The minimum atomic E-state index is -4.76. The van der Waals surface area contributed by atoms with Crippen LogP contribution in [-0.4, -0.2) is 44.2 Å². The summed E-state index contributed by atoms with van der Waals surface area (Å²) in [6, 6.07) is 12.7. The molecule has 2 aromatic rings. The number of rotatable bonds is 9. The van der Waals surface area contributed by atoms with E-state index in [4.69, 9.17) is 15.2 Å². The average molecular weight is 452 g/mol. The SMILES string of the molecule is CCOC(CN=C(N=C(N)c1ccc(C)cc1)Nc1ccc(OC(F)(F)F)cc1)OCC. The van der Waals surface area contributed by atoms with Crippen LogP contribution in [0.25, 0.3) is 0 Å². The van der Waals surface area contributed by atoms with Gasteiger partial charge >= 0.3 is 6.36 Å². The second-order valence-corrected chi connectivity index (χ2v) is 6.56. The third-order valence-electron chi connectivity index (χ3n) is 4.01. The number of hydrogen-bond acceptors (Lipinski definition) is 4. The van der Waals surface area contributed by atoms with Gasteiger partial charge in [0.2, 0.25) is 5.96 Å². The molecule has 10 heteroatoms. The van der Waals surface area contributed by atoms with Gasteiger partial charge in [-0.05, 0) is 45.0 Å². The van der Waals surface area contributed by atoms with E-state index < -0.39 is 12.7 Å². The third kappa shape index (κ3) is 8.94. The number of anilines is 1. The zero-order valence-electron chi connectivity index (χ0n) is 18.1. The van der Waals surface area contributed by atoms with Crippen molar-refractivity contribution in [2.24, 2.45) is 15.7 Å². The van der Waals surface area contributed by atoms with Crippen molar-refractivity contribution in [3.63, 3.8) is 0 Å². The van der Waals surface area contributed by atoms with E-state index in [1.165, 1.54) is 24.3 Å². The van der Waals surface area contributed by atoms with Crippen molar-refractivity contribution in [2.45, 2.75) is 33.4 Å². The normalized spacial score (nSPS) is 12.8. The van der Waals surface area contributed by atoms with Crippen LogP contribution in [0.15, 0.2) is 58.5 Å². The first kappa shape index (κ1) is 25.2. The zero-order chi connectivity index (χ0) is 23.6. The summed E-state index contributed by atoms with van der Waals surface area (Å²) in [5, 5.41) is 2.96. The van der Waals surface area contributed by atoms with Gasteiger partial charge in [0.25, 0.3) is 0 Å². The molecule has 0 radical (unpaired) electrons. The van der Waals surface area contributed by atoms with Gasteiger partial charge in [0.1, 0.15) is 11.6 Å². The first-order valence-corrected chi connectivity index (χ1v) is 10.0. The van der Waals surface area contributed by atoms with Crippen LogP contribution in [0.2, 0.25) is 0 Å². The Morgan fingerprint density at radius 2 is 1.59 bits per heavy atom. The van der Waals surface area contributed by atoms with Gasteiger partial charge in [-0.3, -0.25) is 0 Å². The summed E-state index contributed by atoms with van der Waals surface area (Å²) in [7, 11) is 0. The Morgan fingerprint density at radius 1 is 1.00 bits per heavy atom. The van der Waals surface area contributed by atoms with Crippen molar-refractivity contribution in [3.8, 4) is 5.75 Å². The van der Waals surface area contributed by atoms with E-state index in [-0.39, 0.29) is 24.1 Å². The summed E-state index contributed by atoms with van der Waals surface area (Å²) in [5.74, 6) is 0.0339. The van der Waals surface area contributed by atoms with Gasteiger partial charge in [-0.25, -0.2) is 4.99 Å². The van der Waals surface area contributed by atoms with E-state index in [1.54, 1.807) is 0 Å². The number of nitrogens with one attached hydrogen (secondary N) is 1. The number of hydrogen-bond donors (Lipinski definition) is 2. The van der Waals surface area contributed by atoms with Crippen molar-refractivity contribution in [2.75, 3.05) is 25.1 Å². The topological polar surface area (TPSA) is 90.5 Å². The van der Waals surface area contributed by atoms with Crippen LogP contribution in [0.4, 0.5) is 18.9 Å². The molecule has 0 saturated carbocycles. The summed E-state index contributed by atoms with van der Waals surface area (Å²) in [4.78, 5) is 8.75. The maximum atomic E-state index is 12.4. The Kier molecular flexibility index (Phi) is 9.48. The summed E-state index contributed by atoms with van der Waals surface area (Å²) in [5.41, 5.74) is 8.36. The molecule has 0 heterocycles. The van der Waals surface area contributed by atoms with Gasteiger partial charge in [-0.1, -0.05) is 29.8 Å². The fourth-order valence-electron chi connectivity index (χ4n) is 2.56. The molecule has 32 heavy (non-hydrogen) atoms. The molecule has 0 aromatic heterocycles. The van der Waals surface area contributed by atoms with E-state index >= 15 is 0 Å². The molecule has 7 nitrogen and oxygen atoms in total. The molecule has 0 aliphatic rings. The summed E-state index contributed by atoms with van der Waals surface area (Å²) < 4.78 is 52.0. The predicted octanol–water partition coefficient (Wildman–Crippen LogP) is 4.47. The quantitative estimate of drug-likeness (QED) is 0.333. The first-order valence-electron chi connectivity index (χ1n) is 10.0.